The van der Waals surface area contributed by atoms with Crippen molar-refractivity contribution in [1.29, 1.82) is 0 Å². The van der Waals surface area contributed by atoms with Gasteiger partial charge in [0.15, 0.2) is 0 Å². The molecular weight excluding hydrogens is 264 g/mol. The van der Waals surface area contributed by atoms with Crippen LogP contribution in [0, 0.1) is 34.6 Å². The van der Waals surface area contributed by atoms with Crippen molar-refractivity contribution in [2.75, 3.05) is 6.61 Å². The minimum atomic E-state index is -0.379. The predicted octanol–water partition coefficient (Wildman–Crippen LogP) is 4.12. The minimum absolute atomic E-state index is 0.310. The van der Waals surface area contributed by atoms with Gasteiger partial charge in [-0.1, -0.05) is 6.58 Å². The Kier molecular flexibility index (Phi) is 5.59. The highest BCUT2D eigenvalue weighted by atomic mass is 16.6. The first kappa shape index (κ1) is 17.3. The summed E-state index contributed by atoms with van der Waals surface area (Å²) < 4.78 is 11.2. The Hall–Kier alpha value is -1.77. The third-order valence-electron chi connectivity index (χ3n) is 4.05. The van der Waals surface area contributed by atoms with E-state index in [1.807, 2.05) is 6.92 Å². The Morgan fingerprint density at radius 3 is 1.86 bits per heavy atom. The highest BCUT2D eigenvalue weighted by molar-refractivity contribution is 5.87. The molecule has 0 aliphatic heterocycles. The first-order valence-electron chi connectivity index (χ1n) is 7.23. The lowest BCUT2D eigenvalue weighted by atomic mass is 9.94. The van der Waals surface area contributed by atoms with E-state index in [1.54, 1.807) is 6.92 Å². The Bertz CT molecular complexity index is 541. The molecule has 0 aromatic heterocycles. The molecule has 0 aliphatic rings. The van der Waals surface area contributed by atoms with Crippen molar-refractivity contribution >= 4 is 5.97 Å². The van der Waals surface area contributed by atoms with E-state index in [0.717, 1.165) is 16.9 Å². The molecule has 0 aliphatic carbocycles. The fourth-order valence-electron chi connectivity index (χ4n) is 2.20. The SMILES string of the molecule is C=C(C)C(=O)OC(C)COc1c(C)c(C)c(C)c(C)c1C. The second-order valence-corrected chi connectivity index (χ2v) is 5.76. The van der Waals surface area contributed by atoms with E-state index in [4.69, 9.17) is 9.47 Å². The molecule has 21 heavy (non-hydrogen) atoms. The number of hydrogen-bond donors (Lipinski definition) is 0. The fourth-order valence-corrected chi connectivity index (χ4v) is 2.20. The Morgan fingerprint density at radius 1 is 1.00 bits per heavy atom. The number of esters is 1. The van der Waals surface area contributed by atoms with Crippen LogP contribution in [-0.4, -0.2) is 18.7 Å². The molecule has 0 amide bonds. The summed E-state index contributed by atoms with van der Waals surface area (Å²) in [6, 6.07) is 0. The van der Waals surface area contributed by atoms with Crippen molar-refractivity contribution in [3.8, 4) is 5.75 Å². The number of hydrogen-bond acceptors (Lipinski definition) is 3. The summed E-state index contributed by atoms with van der Waals surface area (Å²) in [7, 11) is 0. The molecule has 116 valence electrons. The highest BCUT2D eigenvalue weighted by Gasteiger charge is 2.16. The lowest BCUT2D eigenvalue weighted by Crippen LogP contribution is -2.23. The van der Waals surface area contributed by atoms with E-state index in [1.165, 1.54) is 16.7 Å². The molecule has 0 saturated heterocycles. The summed E-state index contributed by atoms with van der Waals surface area (Å²) in [6.07, 6.45) is -0.310. The van der Waals surface area contributed by atoms with Gasteiger partial charge in [-0.2, -0.15) is 0 Å². The largest absolute Gasteiger partial charge is 0.489 e. The van der Waals surface area contributed by atoms with Gasteiger partial charge in [-0.15, -0.1) is 0 Å². The summed E-state index contributed by atoms with van der Waals surface area (Å²) in [5, 5.41) is 0. The van der Waals surface area contributed by atoms with Gasteiger partial charge >= 0.3 is 5.97 Å². The molecule has 3 heteroatoms. The summed E-state index contributed by atoms with van der Waals surface area (Å²) in [4.78, 5) is 11.5. The molecule has 0 bridgehead atoms. The van der Waals surface area contributed by atoms with Crippen molar-refractivity contribution in [2.45, 2.75) is 54.6 Å². The van der Waals surface area contributed by atoms with Crippen LogP contribution < -0.4 is 4.74 Å². The van der Waals surface area contributed by atoms with Crippen LogP contribution in [-0.2, 0) is 9.53 Å². The summed E-state index contributed by atoms with van der Waals surface area (Å²) in [5.74, 6) is 0.518. The van der Waals surface area contributed by atoms with Crippen molar-refractivity contribution in [1.82, 2.24) is 0 Å². The van der Waals surface area contributed by atoms with Crippen LogP contribution in [0.1, 0.15) is 41.7 Å². The second kappa shape index (κ2) is 6.79. The van der Waals surface area contributed by atoms with Crippen LogP contribution in [0.3, 0.4) is 0 Å². The van der Waals surface area contributed by atoms with Crippen LogP contribution in [0.2, 0.25) is 0 Å². The van der Waals surface area contributed by atoms with E-state index in [0.29, 0.717) is 12.2 Å². The molecule has 0 saturated carbocycles. The molecule has 0 fully saturated rings. The van der Waals surface area contributed by atoms with Crippen LogP contribution in [0.15, 0.2) is 12.2 Å². The number of ether oxygens (including phenoxy) is 2. The minimum Gasteiger partial charge on any atom is -0.489 e. The van der Waals surface area contributed by atoms with Crippen LogP contribution in [0.5, 0.6) is 5.75 Å². The van der Waals surface area contributed by atoms with Gasteiger partial charge in [-0.05, 0) is 76.3 Å². The highest BCUT2D eigenvalue weighted by Crippen LogP contribution is 2.32. The first-order chi connectivity index (χ1) is 9.66. The molecule has 1 aromatic carbocycles. The van der Waals surface area contributed by atoms with Crippen molar-refractivity contribution in [3.05, 3.63) is 40.0 Å². The molecule has 1 aromatic rings. The predicted molar refractivity (Wildman–Crippen MR) is 86.0 cm³/mol. The fraction of sp³-hybridized carbons (Fsp3) is 0.500. The van der Waals surface area contributed by atoms with Crippen LogP contribution >= 0.6 is 0 Å². The molecule has 0 radical (unpaired) electrons. The zero-order valence-corrected chi connectivity index (χ0v) is 14.2. The van der Waals surface area contributed by atoms with Gasteiger partial charge in [-0.25, -0.2) is 4.79 Å². The van der Waals surface area contributed by atoms with Crippen LogP contribution in [0.25, 0.3) is 0 Å². The molecule has 0 heterocycles. The lowest BCUT2D eigenvalue weighted by molar-refractivity contribution is -0.144. The van der Waals surface area contributed by atoms with E-state index in [2.05, 4.69) is 41.2 Å². The zero-order chi connectivity index (χ0) is 16.3. The van der Waals surface area contributed by atoms with Crippen molar-refractivity contribution in [2.24, 2.45) is 0 Å². The maximum Gasteiger partial charge on any atom is 0.333 e. The molecule has 1 unspecified atom stereocenters. The number of benzene rings is 1. The average molecular weight is 290 g/mol. The monoisotopic (exact) mass is 290 g/mol. The van der Waals surface area contributed by atoms with Gasteiger partial charge in [0.2, 0.25) is 0 Å². The van der Waals surface area contributed by atoms with Crippen molar-refractivity contribution in [3.63, 3.8) is 0 Å². The van der Waals surface area contributed by atoms with E-state index < -0.39 is 0 Å². The third kappa shape index (κ3) is 3.87. The number of rotatable bonds is 5. The lowest BCUT2D eigenvalue weighted by Gasteiger charge is -2.21. The van der Waals surface area contributed by atoms with Gasteiger partial charge < -0.3 is 9.47 Å². The summed E-state index contributed by atoms with van der Waals surface area (Å²) in [5.41, 5.74) is 6.50. The number of carbonyl (C=O) groups is 1. The third-order valence-corrected chi connectivity index (χ3v) is 4.05. The second-order valence-electron chi connectivity index (χ2n) is 5.76. The van der Waals surface area contributed by atoms with Crippen molar-refractivity contribution < 1.29 is 14.3 Å². The Balaban J connectivity index is 2.85. The maximum atomic E-state index is 11.5. The normalized spacial score (nSPS) is 12.0. The zero-order valence-electron chi connectivity index (χ0n) is 14.2. The summed E-state index contributed by atoms with van der Waals surface area (Å²) >= 11 is 0. The number of carbonyl (C=O) groups excluding carboxylic acids is 1. The van der Waals surface area contributed by atoms with Gasteiger partial charge in [0, 0.05) is 5.57 Å². The Labute approximate surface area is 128 Å². The first-order valence-corrected chi connectivity index (χ1v) is 7.23. The molecule has 0 N–H and O–H groups in total. The van der Waals surface area contributed by atoms with Crippen LogP contribution in [0.4, 0.5) is 0 Å². The molecule has 3 nitrogen and oxygen atoms in total. The van der Waals surface area contributed by atoms with E-state index in [-0.39, 0.29) is 12.1 Å². The van der Waals surface area contributed by atoms with Gasteiger partial charge in [0.05, 0.1) is 0 Å². The molecular formula is C18H26O3. The van der Waals surface area contributed by atoms with Gasteiger partial charge in [0.1, 0.15) is 18.5 Å². The van der Waals surface area contributed by atoms with Gasteiger partial charge in [0.25, 0.3) is 0 Å². The maximum absolute atomic E-state index is 11.5. The molecule has 1 rings (SSSR count). The average Bonchev–Trinajstić information content (AvgIpc) is 2.42. The Morgan fingerprint density at radius 2 is 1.43 bits per heavy atom. The molecule has 1 atom stereocenters. The standard InChI is InChI=1S/C18H26O3/c1-10(2)18(19)21-11(3)9-20-17-15(7)13(5)12(4)14(6)16(17)8/h11H,1,9H2,2-8H3. The van der Waals surface area contributed by atoms with E-state index >= 15 is 0 Å². The quantitative estimate of drug-likeness (QED) is 0.604. The summed E-state index contributed by atoms with van der Waals surface area (Å²) in [6.45, 7) is 17.8. The smallest absolute Gasteiger partial charge is 0.333 e. The topological polar surface area (TPSA) is 35.5 Å². The van der Waals surface area contributed by atoms with E-state index in [9.17, 15) is 4.79 Å². The van der Waals surface area contributed by atoms with Gasteiger partial charge in [-0.3, -0.25) is 0 Å². The molecule has 0 spiro atoms.